The number of carbonyl (C=O) groups is 1. The van der Waals surface area contributed by atoms with Crippen LogP contribution in [0.4, 0.5) is 0 Å². The lowest BCUT2D eigenvalue weighted by Gasteiger charge is -2.38. The Morgan fingerprint density at radius 3 is 2.29 bits per heavy atom. The number of fused-ring (bicyclic) bond motifs is 6. The quantitative estimate of drug-likeness (QED) is 0.463. The summed E-state index contributed by atoms with van der Waals surface area (Å²) in [5, 5.41) is 20.8. The molecule has 2 aromatic carbocycles. The van der Waals surface area contributed by atoms with Gasteiger partial charge in [-0.1, -0.05) is 57.2 Å². The molecule has 6 nitrogen and oxygen atoms in total. The Kier molecular flexibility index (Phi) is 3.79. The highest BCUT2D eigenvalue weighted by Gasteiger charge is 2.74. The minimum atomic E-state index is -1.04. The fourth-order valence-corrected chi connectivity index (χ4v) is 5.56. The van der Waals surface area contributed by atoms with Crippen LogP contribution in [0, 0.1) is 28.1 Å². The molecule has 0 saturated heterocycles. The van der Waals surface area contributed by atoms with Crippen LogP contribution in [-0.4, -0.2) is 15.9 Å². The Morgan fingerprint density at radius 2 is 1.58 bits per heavy atom. The zero-order valence-electron chi connectivity index (χ0n) is 17.6. The van der Waals surface area contributed by atoms with Gasteiger partial charge in [0.15, 0.2) is 11.4 Å². The summed E-state index contributed by atoms with van der Waals surface area (Å²) >= 11 is 0. The first-order valence-corrected chi connectivity index (χ1v) is 10.2. The highest BCUT2D eigenvalue weighted by Crippen LogP contribution is 2.70. The van der Waals surface area contributed by atoms with E-state index in [1.807, 2.05) is 62.4 Å². The maximum absolute atomic E-state index is 13.9. The monoisotopic (exact) mass is 408 g/mol. The van der Waals surface area contributed by atoms with Crippen molar-refractivity contribution in [3.05, 3.63) is 65.2 Å². The fourth-order valence-electron chi connectivity index (χ4n) is 5.56. The molecule has 2 aliphatic rings. The number of carbonyl (C=O) groups excluding carboxylic acids is 1. The second kappa shape index (κ2) is 6.12. The minimum absolute atomic E-state index is 0.00314. The molecule has 1 aromatic heterocycles. The van der Waals surface area contributed by atoms with Gasteiger partial charge in [-0.15, -0.1) is 0 Å². The summed E-state index contributed by atoms with van der Waals surface area (Å²) in [5.41, 5.74) is -0.979. The number of esters is 1. The Labute approximate surface area is 180 Å². The number of nitriles is 2. The Morgan fingerprint density at radius 1 is 0.935 bits per heavy atom. The third-order valence-corrected chi connectivity index (χ3v) is 7.78. The van der Waals surface area contributed by atoms with E-state index in [4.69, 9.17) is 4.74 Å². The predicted octanol–water partition coefficient (Wildman–Crippen LogP) is 4.31. The maximum Gasteiger partial charge on any atom is 0.324 e. The predicted molar refractivity (Wildman–Crippen MR) is 113 cm³/mol. The Bertz CT molecular complexity index is 1360. The molecule has 2 unspecified atom stereocenters. The van der Waals surface area contributed by atoms with Crippen LogP contribution >= 0.6 is 0 Å². The van der Waals surface area contributed by atoms with Crippen LogP contribution in [0.2, 0.25) is 0 Å². The van der Waals surface area contributed by atoms with Gasteiger partial charge in [-0.2, -0.15) is 10.5 Å². The molecule has 0 N–H and O–H groups in total. The zero-order valence-corrected chi connectivity index (χ0v) is 17.6. The summed E-state index contributed by atoms with van der Waals surface area (Å²) < 4.78 is 6.05. The normalized spacial score (nSPS) is 24.9. The van der Waals surface area contributed by atoms with E-state index in [1.54, 1.807) is 6.07 Å². The molecule has 0 aliphatic heterocycles. The third-order valence-electron chi connectivity index (χ3n) is 7.78. The lowest BCUT2D eigenvalue weighted by atomic mass is 9.64. The van der Waals surface area contributed by atoms with Crippen molar-refractivity contribution in [3.8, 4) is 17.9 Å². The van der Waals surface area contributed by atoms with Gasteiger partial charge >= 0.3 is 5.97 Å². The van der Waals surface area contributed by atoms with Crippen LogP contribution in [0.15, 0.2) is 42.5 Å². The molecule has 3 aromatic rings. The number of rotatable bonds is 2. The summed E-state index contributed by atoms with van der Waals surface area (Å²) in [6.45, 7) is 6.13. The van der Waals surface area contributed by atoms with Crippen LogP contribution in [0.3, 0.4) is 0 Å². The minimum Gasteiger partial charge on any atom is -0.425 e. The molecule has 1 heterocycles. The molecular formula is C25H20N4O2. The van der Waals surface area contributed by atoms with Crippen molar-refractivity contribution in [3.63, 3.8) is 0 Å². The van der Waals surface area contributed by atoms with Crippen LogP contribution in [0.1, 0.15) is 56.4 Å². The molecule has 1 fully saturated rings. The number of benzene rings is 2. The first-order chi connectivity index (χ1) is 14.8. The summed E-state index contributed by atoms with van der Waals surface area (Å²) in [6.07, 6.45) is 1.28. The van der Waals surface area contributed by atoms with Gasteiger partial charge in [-0.25, -0.2) is 9.97 Å². The van der Waals surface area contributed by atoms with Crippen LogP contribution in [0.5, 0.6) is 5.75 Å². The van der Waals surface area contributed by atoms with Gasteiger partial charge in [0.1, 0.15) is 23.3 Å². The average molecular weight is 408 g/mol. The SMILES string of the molecule is CC12CCC(C(=O)Oc3cccc4ccccc34)(c3nc(C#N)c(C#N)nc31)C2(C)C. The largest absolute Gasteiger partial charge is 0.425 e. The van der Waals surface area contributed by atoms with E-state index in [0.717, 1.165) is 17.2 Å². The van der Waals surface area contributed by atoms with Gasteiger partial charge in [0, 0.05) is 10.8 Å². The molecular weight excluding hydrogens is 388 g/mol. The van der Waals surface area contributed by atoms with Crippen LogP contribution in [0.25, 0.3) is 10.8 Å². The molecule has 0 radical (unpaired) electrons. The molecule has 1 saturated carbocycles. The fraction of sp³-hybridized carbons (Fsp3) is 0.320. The first-order valence-electron chi connectivity index (χ1n) is 10.2. The Hall–Kier alpha value is -3.77. The highest BCUT2D eigenvalue weighted by atomic mass is 16.5. The molecule has 2 aliphatic carbocycles. The lowest BCUT2D eigenvalue weighted by Crippen LogP contribution is -2.48. The van der Waals surface area contributed by atoms with E-state index in [9.17, 15) is 15.3 Å². The molecule has 2 atom stereocenters. The van der Waals surface area contributed by atoms with Gasteiger partial charge in [0.25, 0.3) is 0 Å². The number of aromatic nitrogens is 2. The molecule has 152 valence electrons. The van der Waals surface area contributed by atoms with E-state index in [2.05, 4.69) is 16.9 Å². The van der Waals surface area contributed by atoms with Crippen LogP contribution < -0.4 is 4.74 Å². The van der Waals surface area contributed by atoms with Crippen molar-refractivity contribution < 1.29 is 9.53 Å². The number of hydrogen-bond donors (Lipinski definition) is 0. The molecule has 6 heteroatoms. The van der Waals surface area contributed by atoms with Crippen molar-refractivity contribution in [2.75, 3.05) is 0 Å². The zero-order chi connectivity index (χ0) is 22.0. The summed E-state index contributed by atoms with van der Waals surface area (Å²) in [7, 11) is 0. The van der Waals surface area contributed by atoms with Gasteiger partial charge in [-0.05, 0) is 29.7 Å². The summed E-state index contributed by atoms with van der Waals surface area (Å²) in [6, 6.07) is 17.3. The van der Waals surface area contributed by atoms with E-state index < -0.39 is 16.2 Å². The second-order valence-electron chi connectivity index (χ2n) is 9.07. The van der Waals surface area contributed by atoms with E-state index in [0.29, 0.717) is 23.6 Å². The summed E-state index contributed by atoms with van der Waals surface area (Å²) in [5.74, 6) is 0.108. The smallest absolute Gasteiger partial charge is 0.324 e. The molecule has 5 rings (SSSR count). The standard InChI is InChI=1S/C25H20N4O2/c1-23(2)24(3)11-12-25(23,21-20(24)28-17(13-26)18(14-27)29-21)22(30)31-19-10-6-8-15-7-4-5-9-16(15)19/h4-10H,11-12H2,1-3H3. The van der Waals surface area contributed by atoms with Crippen LogP contribution in [-0.2, 0) is 15.6 Å². The van der Waals surface area contributed by atoms with Crippen molar-refractivity contribution in [2.45, 2.75) is 44.4 Å². The Balaban J connectivity index is 1.70. The molecule has 0 spiro atoms. The van der Waals surface area contributed by atoms with E-state index in [-0.39, 0.29) is 17.4 Å². The highest BCUT2D eigenvalue weighted by molar-refractivity contribution is 5.94. The maximum atomic E-state index is 13.9. The van der Waals surface area contributed by atoms with Gasteiger partial charge in [0.05, 0.1) is 11.4 Å². The number of hydrogen-bond acceptors (Lipinski definition) is 6. The summed E-state index contributed by atoms with van der Waals surface area (Å²) in [4.78, 5) is 22.9. The van der Waals surface area contributed by atoms with Crippen molar-refractivity contribution in [2.24, 2.45) is 5.41 Å². The molecule has 31 heavy (non-hydrogen) atoms. The van der Waals surface area contributed by atoms with Crippen molar-refractivity contribution >= 4 is 16.7 Å². The number of nitrogens with zero attached hydrogens (tertiary/aromatic N) is 4. The van der Waals surface area contributed by atoms with E-state index >= 15 is 0 Å². The number of ether oxygens (including phenoxy) is 1. The van der Waals surface area contributed by atoms with Crippen molar-refractivity contribution in [1.82, 2.24) is 9.97 Å². The molecule has 0 amide bonds. The third kappa shape index (κ3) is 2.17. The van der Waals surface area contributed by atoms with Crippen molar-refractivity contribution in [1.29, 1.82) is 10.5 Å². The van der Waals surface area contributed by atoms with Gasteiger partial charge < -0.3 is 4.74 Å². The first kappa shape index (κ1) is 19.2. The topological polar surface area (TPSA) is 99.7 Å². The molecule has 2 bridgehead atoms. The second-order valence-corrected chi connectivity index (χ2v) is 9.07. The average Bonchev–Trinajstić information content (AvgIpc) is 3.08. The lowest BCUT2D eigenvalue weighted by molar-refractivity contribution is -0.145. The van der Waals surface area contributed by atoms with E-state index in [1.165, 1.54) is 0 Å². The van der Waals surface area contributed by atoms with Gasteiger partial charge in [0.2, 0.25) is 0 Å². The van der Waals surface area contributed by atoms with Gasteiger partial charge in [-0.3, -0.25) is 4.79 Å².